The molecule has 0 aromatic heterocycles. The molecule has 0 aromatic rings. The van der Waals surface area contributed by atoms with Crippen LogP contribution in [0.3, 0.4) is 0 Å². The summed E-state index contributed by atoms with van der Waals surface area (Å²) in [5.41, 5.74) is 0. The number of ether oxygens (including phenoxy) is 2. The van der Waals surface area contributed by atoms with Crippen LogP contribution in [0.5, 0.6) is 0 Å². The third kappa shape index (κ3) is 63.5. The third-order valence-electron chi connectivity index (χ3n) is 15.2. The first-order valence-electron chi connectivity index (χ1n) is 33.6. The molecule has 0 heterocycles. The van der Waals surface area contributed by atoms with Crippen LogP contribution in [0.2, 0.25) is 0 Å². The Morgan fingerprint density at radius 1 is 0.403 bits per heavy atom. The van der Waals surface area contributed by atoms with Crippen LogP contribution in [-0.2, 0) is 32.7 Å². The van der Waals surface area contributed by atoms with Gasteiger partial charge >= 0.3 is 19.8 Å². The van der Waals surface area contributed by atoms with Gasteiger partial charge in [0.2, 0.25) is 0 Å². The Labute approximate surface area is 479 Å². The van der Waals surface area contributed by atoms with Gasteiger partial charge in [0.1, 0.15) is 19.8 Å². The van der Waals surface area contributed by atoms with Crippen LogP contribution < -0.4 is 0 Å². The molecule has 10 heteroatoms. The fourth-order valence-corrected chi connectivity index (χ4v) is 10.8. The second-order valence-electron chi connectivity index (χ2n) is 24.2. The number of unbranched alkanes of at least 4 members (excludes halogenated alkanes) is 45. The van der Waals surface area contributed by atoms with Crippen molar-refractivity contribution in [2.75, 3.05) is 47.5 Å². The van der Waals surface area contributed by atoms with Crippen molar-refractivity contribution in [3.05, 3.63) is 24.3 Å². The highest BCUT2D eigenvalue weighted by atomic mass is 31.2. The highest BCUT2D eigenvalue weighted by molar-refractivity contribution is 7.47. The zero-order valence-electron chi connectivity index (χ0n) is 52.0. The number of likely N-dealkylation sites (N-methyl/N-ethyl adjacent to an activating group) is 1. The standard InChI is InChI=1S/C67H130NO8P/c1-6-8-10-12-14-16-18-20-22-24-26-28-30-32-34-36-38-40-42-44-46-48-50-52-54-56-58-60-67(70)76-65(64-75-77(71,72)74-62-61-68(3,4)5)63-73-66(69)59-57-55-53-51-49-47-45-43-41-39-37-35-33-31-29-27-25-23-21-19-17-15-13-11-9-7-2/h18,20,24,26,65H,6-17,19,21-23,25,27-64H2,1-5H3/p+1/b20-18-,26-24-. The molecule has 0 aliphatic rings. The van der Waals surface area contributed by atoms with Gasteiger partial charge in [-0.05, 0) is 44.9 Å². The smallest absolute Gasteiger partial charge is 0.462 e. The zero-order chi connectivity index (χ0) is 56.3. The molecule has 0 aliphatic carbocycles. The third-order valence-corrected chi connectivity index (χ3v) is 16.2. The summed E-state index contributed by atoms with van der Waals surface area (Å²) in [4.78, 5) is 35.8. The number of phosphoric acid groups is 1. The van der Waals surface area contributed by atoms with Crippen LogP contribution >= 0.6 is 7.82 Å². The van der Waals surface area contributed by atoms with E-state index >= 15 is 0 Å². The molecule has 0 rings (SSSR count). The second kappa shape index (κ2) is 59.1. The van der Waals surface area contributed by atoms with E-state index in [4.69, 9.17) is 18.5 Å². The second-order valence-corrected chi connectivity index (χ2v) is 25.7. The average Bonchev–Trinajstić information content (AvgIpc) is 3.39. The molecule has 0 saturated heterocycles. The van der Waals surface area contributed by atoms with Crippen molar-refractivity contribution in [2.45, 2.75) is 347 Å². The van der Waals surface area contributed by atoms with E-state index < -0.39 is 26.5 Å². The van der Waals surface area contributed by atoms with Gasteiger partial charge in [-0.2, -0.15) is 0 Å². The van der Waals surface area contributed by atoms with Crippen LogP contribution in [0.4, 0.5) is 0 Å². The van der Waals surface area contributed by atoms with E-state index in [-0.39, 0.29) is 25.6 Å². The Kier molecular flexibility index (Phi) is 58.0. The van der Waals surface area contributed by atoms with Crippen molar-refractivity contribution in [3.8, 4) is 0 Å². The fraction of sp³-hybridized carbons (Fsp3) is 0.910. The monoisotopic (exact) mass is 1110 g/mol. The van der Waals surface area contributed by atoms with Crippen LogP contribution in [0.25, 0.3) is 0 Å². The molecule has 1 N–H and O–H groups in total. The van der Waals surface area contributed by atoms with Crippen LogP contribution in [0, 0.1) is 0 Å². The van der Waals surface area contributed by atoms with E-state index in [9.17, 15) is 19.0 Å². The van der Waals surface area contributed by atoms with Crippen molar-refractivity contribution in [2.24, 2.45) is 0 Å². The molecule has 2 unspecified atom stereocenters. The maximum atomic E-state index is 12.9. The number of allylic oxidation sites excluding steroid dienone is 4. The lowest BCUT2D eigenvalue weighted by atomic mass is 10.0. The lowest BCUT2D eigenvalue weighted by Crippen LogP contribution is -2.37. The number of nitrogens with zero attached hydrogens (tertiary/aromatic N) is 1. The first-order valence-corrected chi connectivity index (χ1v) is 35.1. The summed E-state index contributed by atoms with van der Waals surface area (Å²) in [6.45, 7) is 4.50. The van der Waals surface area contributed by atoms with Crippen LogP contribution in [-0.4, -0.2) is 74.9 Å². The SMILES string of the molecule is CCCCCCC/C=C\C/C=C\CCCCCCCCCCCCCCCCCC(=O)OC(COC(=O)CCCCCCCCCCCCCCCCCCCCCCCCCCCC)COP(=O)(O)OCC[N+](C)(C)C. The van der Waals surface area contributed by atoms with E-state index in [1.807, 2.05) is 21.1 Å². The molecule has 2 atom stereocenters. The highest BCUT2D eigenvalue weighted by Gasteiger charge is 2.27. The summed E-state index contributed by atoms with van der Waals surface area (Å²) in [6, 6.07) is 0. The molecule has 0 aliphatic heterocycles. The van der Waals surface area contributed by atoms with Gasteiger partial charge in [0, 0.05) is 12.8 Å². The molecule has 0 bridgehead atoms. The number of carbonyl (C=O) groups is 2. The Morgan fingerprint density at radius 3 is 1.03 bits per heavy atom. The van der Waals surface area contributed by atoms with Crippen molar-refractivity contribution in [1.29, 1.82) is 0 Å². The number of carbonyl (C=O) groups excluding carboxylic acids is 2. The van der Waals surface area contributed by atoms with E-state index in [1.54, 1.807) is 0 Å². The summed E-state index contributed by atoms with van der Waals surface area (Å²) >= 11 is 0. The van der Waals surface area contributed by atoms with E-state index in [1.165, 1.54) is 270 Å². The molecule has 0 amide bonds. The van der Waals surface area contributed by atoms with Gasteiger partial charge in [-0.15, -0.1) is 0 Å². The van der Waals surface area contributed by atoms with Crippen LogP contribution in [0.15, 0.2) is 24.3 Å². The minimum absolute atomic E-state index is 0.0351. The number of hydrogen-bond donors (Lipinski definition) is 1. The van der Waals surface area contributed by atoms with Gasteiger partial charge in [-0.1, -0.05) is 308 Å². The maximum absolute atomic E-state index is 12.9. The summed E-state index contributed by atoms with van der Waals surface area (Å²) in [7, 11) is 1.50. The van der Waals surface area contributed by atoms with Gasteiger partial charge in [-0.3, -0.25) is 18.6 Å². The molecule has 0 saturated carbocycles. The van der Waals surface area contributed by atoms with E-state index in [2.05, 4.69) is 38.2 Å². The van der Waals surface area contributed by atoms with E-state index in [0.29, 0.717) is 23.9 Å². The first-order chi connectivity index (χ1) is 37.5. The number of hydrogen-bond acceptors (Lipinski definition) is 7. The number of phosphoric ester groups is 1. The summed E-state index contributed by atoms with van der Waals surface area (Å²) in [5.74, 6) is -0.775. The number of rotatable bonds is 63. The van der Waals surface area contributed by atoms with Gasteiger partial charge in [0.05, 0.1) is 27.7 Å². The molecular formula is C67H131NO8P+. The maximum Gasteiger partial charge on any atom is 0.472 e. The predicted octanol–water partition coefficient (Wildman–Crippen LogP) is 21.3. The Hall–Kier alpha value is -1.51. The summed E-state index contributed by atoms with van der Waals surface area (Å²) in [5, 5.41) is 0. The Bertz CT molecular complexity index is 1350. The molecule has 0 fully saturated rings. The average molecular weight is 1110 g/mol. The molecule has 9 nitrogen and oxygen atoms in total. The normalized spacial score (nSPS) is 13.3. The summed E-state index contributed by atoms with van der Waals surface area (Å²) < 4.78 is 34.7. The van der Waals surface area contributed by atoms with Crippen molar-refractivity contribution in [1.82, 2.24) is 0 Å². The quantitative estimate of drug-likeness (QED) is 0.0211. The Morgan fingerprint density at radius 2 is 0.701 bits per heavy atom. The molecule has 0 spiro atoms. The van der Waals surface area contributed by atoms with E-state index in [0.717, 1.165) is 38.5 Å². The topological polar surface area (TPSA) is 108 Å². The lowest BCUT2D eigenvalue weighted by molar-refractivity contribution is -0.870. The molecule has 77 heavy (non-hydrogen) atoms. The summed E-state index contributed by atoms with van der Waals surface area (Å²) in [6.07, 6.45) is 72.7. The fourth-order valence-electron chi connectivity index (χ4n) is 10.1. The minimum atomic E-state index is -4.39. The van der Waals surface area contributed by atoms with Crippen molar-refractivity contribution >= 4 is 19.8 Å². The lowest BCUT2D eigenvalue weighted by Gasteiger charge is -2.24. The largest absolute Gasteiger partial charge is 0.472 e. The van der Waals surface area contributed by atoms with Gasteiger partial charge < -0.3 is 18.9 Å². The number of quaternary nitrogens is 1. The highest BCUT2D eigenvalue weighted by Crippen LogP contribution is 2.43. The minimum Gasteiger partial charge on any atom is -0.462 e. The van der Waals surface area contributed by atoms with Gasteiger partial charge in [0.15, 0.2) is 6.10 Å². The van der Waals surface area contributed by atoms with Crippen molar-refractivity contribution in [3.63, 3.8) is 0 Å². The number of esters is 2. The zero-order valence-corrected chi connectivity index (χ0v) is 52.9. The predicted molar refractivity (Wildman–Crippen MR) is 331 cm³/mol. The van der Waals surface area contributed by atoms with Crippen molar-refractivity contribution < 1.29 is 42.1 Å². The van der Waals surface area contributed by atoms with Gasteiger partial charge in [-0.25, -0.2) is 4.57 Å². The molecule has 456 valence electrons. The Balaban J connectivity index is 4.03. The van der Waals surface area contributed by atoms with Gasteiger partial charge in [0.25, 0.3) is 0 Å². The molecule has 0 radical (unpaired) electrons. The first kappa shape index (κ1) is 75.5. The molecular weight excluding hydrogens is 978 g/mol. The van der Waals surface area contributed by atoms with Crippen LogP contribution in [0.1, 0.15) is 341 Å². The molecule has 0 aromatic carbocycles.